The van der Waals surface area contributed by atoms with Crippen LogP contribution in [0.25, 0.3) is 0 Å². The van der Waals surface area contributed by atoms with Crippen LogP contribution in [0.3, 0.4) is 0 Å². The van der Waals surface area contributed by atoms with Crippen LogP contribution in [-0.2, 0) is 0 Å². The van der Waals surface area contributed by atoms with Crippen LogP contribution in [0.15, 0.2) is 35.0 Å². The van der Waals surface area contributed by atoms with Crippen molar-refractivity contribution >= 4 is 11.3 Å². The molecular formula is C15H16F2N2S. The van der Waals surface area contributed by atoms with Gasteiger partial charge in [-0.05, 0) is 28.5 Å². The van der Waals surface area contributed by atoms with E-state index in [0.717, 1.165) is 37.8 Å². The Morgan fingerprint density at radius 2 is 1.95 bits per heavy atom. The van der Waals surface area contributed by atoms with Gasteiger partial charge in [0.1, 0.15) is 11.6 Å². The monoisotopic (exact) mass is 294 g/mol. The lowest BCUT2D eigenvalue weighted by molar-refractivity contribution is 0.195. The summed E-state index contributed by atoms with van der Waals surface area (Å²) in [6.07, 6.45) is 0. The van der Waals surface area contributed by atoms with Crippen molar-refractivity contribution in [1.29, 1.82) is 0 Å². The summed E-state index contributed by atoms with van der Waals surface area (Å²) in [6, 6.07) is 5.75. The first-order valence-corrected chi connectivity index (χ1v) is 7.62. The summed E-state index contributed by atoms with van der Waals surface area (Å²) in [7, 11) is 0. The highest BCUT2D eigenvalue weighted by Gasteiger charge is 2.26. The van der Waals surface area contributed by atoms with Crippen LogP contribution in [0, 0.1) is 11.6 Å². The fourth-order valence-electron chi connectivity index (χ4n) is 2.68. The van der Waals surface area contributed by atoms with E-state index >= 15 is 0 Å². The molecule has 1 atom stereocenters. The molecule has 1 aromatic heterocycles. The van der Waals surface area contributed by atoms with Gasteiger partial charge in [0.05, 0.1) is 6.04 Å². The van der Waals surface area contributed by atoms with Gasteiger partial charge in [-0.2, -0.15) is 11.3 Å². The number of thiophene rings is 1. The zero-order chi connectivity index (χ0) is 13.9. The number of nitrogens with one attached hydrogen (secondary N) is 1. The molecule has 0 spiro atoms. The predicted molar refractivity (Wildman–Crippen MR) is 77.0 cm³/mol. The molecular weight excluding hydrogens is 278 g/mol. The molecule has 0 saturated carbocycles. The summed E-state index contributed by atoms with van der Waals surface area (Å²) in [5.41, 5.74) is 1.62. The average Bonchev–Trinajstić information content (AvgIpc) is 2.97. The third kappa shape index (κ3) is 2.75. The van der Waals surface area contributed by atoms with Crippen molar-refractivity contribution in [2.75, 3.05) is 26.2 Å². The second kappa shape index (κ2) is 5.99. The molecule has 1 unspecified atom stereocenters. The molecule has 20 heavy (non-hydrogen) atoms. The van der Waals surface area contributed by atoms with E-state index < -0.39 is 11.6 Å². The smallest absolute Gasteiger partial charge is 0.131 e. The Labute approximate surface area is 121 Å². The topological polar surface area (TPSA) is 15.3 Å². The SMILES string of the molecule is Fc1ccc(C(c2ccsc2)N2CCNCC2)c(F)c1. The number of hydrogen-bond donors (Lipinski definition) is 1. The number of nitrogens with zero attached hydrogens (tertiary/aromatic N) is 1. The Morgan fingerprint density at radius 1 is 1.15 bits per heavy atom. The molecule has 1 fully saturated rings. The van der Waals surface area contributed by atoms with Gasteiger partial charge in [-0.25, -0.2) is 8.78 Å². The fraction of sp³-hybridized carbons (Fsp3) is 0.333. The van der Waals surface area contributed by atoms with Gasteiger partial charge in [0, 0.05) is 37.8 Å². The van der Waals surface area contributed by atoms with E-state index in [1.165, 1.54) is 6.07 Å². The summed E-state index contributed by atoms with van der Waals surface area (Å²) < 4.78 is 27.3. The van der Waals surface area contributed by atoms with Gasteiger partial charge >= 0.3 is 0 Å². The predicted octanol–water partition coefficient (Wildman–Crippen LogP) is 3.02. The highest BCUT2D eigenvalue weighted by atomic mass is 32.1. The normalized spacial score (nSPS) is 18.1. The minimum atomic E-state index is -0.532. The second-order valence-corrected chi connectivity index (χ2v) is 5.69. The van der Waals surface area contributed by atoms with E-state index in [1.54, 1.807) is 17.4 Å². The molecule has 0 radical (unpaired) electrons. The van der Waals surface area contributed by atoms with Gasteiger partial charge < -0.3 is 5.32 Å². The molecule has 1 aliphatic heterocycles. The summed E-state index contributed by atoms with van der Waals surface area (Å²) in [4.78, 5) is 2.24. The molecule has 1 saturated heterocycles. The van der Waals surface area contributed by atoms with Gasteiger partial charge in [0.2, 0.25) is 0 Å². The molecule has 1 aliphatic rings. The maximum Gasteiger partial charge on any atom is 0.131 e. The molecule has 1 aromatic carbocycles. The van der Waals surface area contributed by atoms with Crippen LogP contribution in [0.5, 0.6) is 0 Å². The van der Waals surface area contributed by atoms with Gasteiger partial charge in [-0.1, -0.05) is 6.07 Å². The quantitative estimate of drug-likeness (QED) is 0.936. The van der Waals surface area contributed by atoms with E-state index in [0.29, 0.717) is 5.56 Å². The van der Waals surface area contributed by atoms with Crippen molar-refractivity contribution in [2.24, 2.45) is 0 Å². The van der Waals surface area contributed by atoms with Gasteiger partial charge in [-0.3, -0.25) is 4.90 Å². The van der Waals surface area contributed by atoms with Crippen LogP contribution in [0.2, 0.25) is 0 Å². The minimum absolute atomic E-state index is 0.135. The van der Waals surface area contributed by atoms with Crippen molar-refractivity contribution in [3.05, 3.63) is 57.8 Å². The molecule has 106 valence electrons. The Bertz CT molecular complexity index is 565. The molecule has 0 bridgehead atoms. The maximum atomic E-state index is 14.2. The highest BCUT2D eigenvalue weighted by molar-refractivity contribution is 7.08. The first-order valence-electron chi connectivity index (χ1n) is 6.67. The van der Waals surface area contributed by atoms with Crippen molar-refractivity contribution in [3.8, 4) is 0 Å². The molecule has 2 heterocycles. The van der Waals surface area contributed by atoms with Gasteiger partial charge in [-0.15, -0.1) is 0 Å². The largest absolute Gasteiger partial charge is 0.314 e. The molecule has 5 heteroatoms. The van der Waals surface area contributed by atoms with Crippen LogP contribution in [0.4, 0.5) is 8.78 Å². The summed E-state index contributed by atoms with van der Waals surface area (Å²) in [6.45, 7) is 3.50. The van der Waals surface area contributed by atoms with E-state index in [4.69, 9.17) is 0 Å². The van der Waals surface area contributed by atoms with Crippen molar-refractivity contribution < 1.29 is 8.78 Å². The van der Waals surface area contributed by atoms with E-state index in [9.17, 15) is 8.78 Å². The van der Waals surface area contributed by atoms with Crippen molar-refractivity contribution in [2.45, 2.75) is 6.04 Å². The van der Waals surface area contributed by atoms with E-state index in [1.807, 2.05) is 16.8 Å². The second-order valence-electron chi connectivity index (χ2n) is 4.91. The fourth-order valence-corrected chi connectivity index (χ4v) is 3.36. The molecule has 2 aromatic rings. The standard InChI is InChI=1S/C15H16F2N2S/c16-12-1-2-13(14(17)9-12)15(11-3-8-20-10-11)19-6-4-18-5-7-19/h1-3,8-10,15,18H,4-7H2. The first kappa shape index (κ1) is 13.7. The van der Waals surface area contributed by atoms with E-state index in [2.05, 4.69) is 10.2 Å². The van der Waals surface area contributed by atoms with Gasteiger partial charge in [0.15, 0.2) is 0 Å². The summed E-state index contributed by atoms with van der Waals surface area (Å²) >= 11 is 1.60. The zero-order valence-corrected chi connectivity index (χ0v) is 11.8. The van der Waals surface area contributed by atoms with E-state index in [-0.39, 0.29) is 6.04 Å². The van der Waals surface area contributed by atoms with Crippen LogP contribution in [0.1, 0.15) is 17.2 Å². The number of hydrogen-bond acceptors (Lipinski definition) is 3. The van der Waals surface area contributed by atoms with Crippen LogP contribution < -0.4 is 5.32 Å². The molecule has 1 N–H and O–H groups in total. The van der Waals surface area contributed by atoms with Crippen molar-refractivity contribution in [1.82, 2.24) is 10.2 Å². The Morgan fingerprint density at radius 3 is 2.60 bits per heavy atom. The van der Waals surface area contributed by atoms with Crippen molar-refractivity contribution in [3.63, 3.8) is 0 Å². The summed E-state index contributed by atoms with van der Waals surface area (Å²) in [5, 5.41) is 7.33. The zero-order valence-electron chi connectivity index (χ0n) is 11.0. The van der Waals surface area contributed by atoms with Gasteiger partial charge in [0.25, 0.3) is 0 Å². The lowest BCUT2D eigenvalue weighted by atomic mass is 9.98. The third-order valence-electron chi connectivity index (χ3n) is 3.63. The number of halogens is 2. The Kier molecular flexibility index (Phi) is 4.10. The number of benzene rings is 1. The Hall–Kier alpha value is -1.30. The molecule has 0 amide bonds. The lowest BCUT2D eigenvalue weighted by Crippen LogP contribution is -2.45. The van der Waals surface area contributed by atoms with Crippen LogP contribution >= 0.6 is 11.3 Å². The van der Waals surface area contributed by atoms with Crippen LogP contribution in [-0.4, -0.2) is 31.1 Å². The third-order valence-corrected chi connectivity index (χ3v) is 4.33. The number of piperazine rings is 1. The number of rotatable bonds is 3. The highest BCUT2D eigenvalue weighted by Crippen LogP contribution is 2.32. The Balaban J connectivity index is 2.00. The minimum Gasteiger partial charge on any atom is -0.314 e. The molecule has 0 aliphatic carbocycles. The molecule has 3 rings (SSSR count). The first-order chi connectivity index (χ1) is 9.75. The lowest BCUT2D eigenvalue weighted by Gasteiger charge is -2.35. The molecule has 2 nitrogen and oxygen atoms in total. The maximum absolute atomic E-state index is 14.2. The average molecular weight is 294 g/mol. The summed E-state index contributed by atoms with van der Waals surface area (Å²) in [5.74, 6) is -1.00.